The lowest BCUT2D eigenvalue weighted by Crippen LogP contribution is -2.15. The van der Waals surface area contributed by atoms with Gasteiger partial charge in [-0.05, 0) is 49.9 Å². The molecule has 4 nitrogen and oxygen atoms in total. The van der Waals surface area contributed by atoms with Gasteiger partial charge in [-0.1, -0.05) is 25.1 Å². The number of hydrogen-bond donors (Lipinski definition) is 1. The molecule has 0 radical (unpaired) electrons. The Morgan fingerprint density at radius 2 is 2.05 bits per heavy atom. The van der Waals surface area contributed by atoms with Gasteiger partial charge in [-0.3, -0.25) is 4.79 Å². The summed E-state index contributed by atoms with van der Waals surface area (Å²) >= 11 is 6.48. The molecule has 19 heavy (non-hydrogen) atoms. The number of anilines is 1. The number of aromatic nitrogens is 2. The molecule has 1 aromatic heterocycles. The van der Waals surface area contributed by atoms with E-state index in [9.17, 15) is 4.79 Å². The molecule has 0 aliphatic rings. The Balaban J connectivity index is 2.26. The maximum atomic E-state index is 12.2. The van der Waals surface area contributed by atoms with E-state index in [1.807, 2.05) is 25.1 Å². The van der Waals surface area contributed by atoms with Crippen LogP contribution in [0.5, 0.6) is 0 Å². The molecule has 98 valence electrons. The fourth-order valence-electron chi connectivity index (χ4n) is 1.66. The Morgan fingerprint density at radius 3 is 2.74 bits per heavy atom. The smallest absolute Gasteiger partial charge is 0.257 e. The number of benzene rings is 1. The third-order valence-electron chi connectivity index (χ3n) is 2.58. The predicted molar refractivity (Wildman–Crippen MR) is 81.2 cm³/mol. The molecule has 0 saturated carbocycles. The number of nitrogens with one attached hydrogen (secondary N) is 1. The van der Waals surface area contributed by atoms with E-state index in [2.05, 4.69) is 47.1 Å². The average Bonchev–Trinajstić information content (AvgIpc) is 2.41. The van der Waals surface area contributed by atoms with Crippen molar-refractivity contribution >= 4 is 43.6 Å². The van der Waals surface area contributed by atoms with Crippen molar-refractivity contribution in [1.29, 1.82) is 0 Å². The lowest BCUT2D eigenvalue weighted by Gasteiger charge is -2.09. The number of carbonyl (C=O) groups excluding carboxylic acids is 1. The zero-order valence-electron chi connectivity index (χ0n) is 10.2. The van der Waals surface area contributed by atoms with Gasteiger partial charge in [0.05, 0.1) is 6.20 Å². The van der Waals surface area contributed by atoms with Gasteiger partial charge in [0, 0.05) is 5.56 Å². The van der Waals surface area contributed by atoms with Gasteiger partial charge < -0.3 is 5.32 Å². The van der Waals surface area contributed by atoms with Gasteiger partial charge in [0.2, 0.25) is 0 Å². The fourth-order valence-corrected chi connectivity index (χ4v) is 2.57. The van der Waals surface area contributed by atoms with E-state index < -0.39 is 0 Å². The van der Waals surface area contributed by atoms with Crippen molar-refractivity contribution in [3.05, 3.63) is 50.8 Å². The number of carbonyl (C=O) groups is 1. The van der Waals surface area contributed by atoms with Gasteiger partial charge in [-0.2, -0.15) is 0 Å². The highest BCUT2D eigenvalue weighted by Crippen LogP contribution is 2.20. The second-order valence-electron chi connectivity index (χ2n) is 3.80. The van der Waals surface area contributed by atoms with E-state index in [0.717, 1.165) is 12.0 Å². The summed E-state index contributed by atoms with van der Waals surface area (Å²) in [7, 11) is 0. The number of rotatable bonds is 3. The van der Waals surface area contributed by atoms with E-state index >= 15 is 0 Å². The highest BCUT2D eigenvalue weighted by atomic mass is 79.9. The second kappa shape index (κ2) is 6.25. The summed E-state index contributed by atoms with van der Waals surface area (Å²) in [4.78, 5) is 20.4. The lowest BCUT2D eigenvalue weighted by atomic mass is 10.0. The minimum absolute atomic E-state index is 0.185. The van der Waals surface area contributed by atoms with E-state index in [1.165, 1.54) is 6.20 Å². The molecular formula is C13H11Br2N3O. The molecule has 1 N–H and O–H groups in total. The molecule has 0 saturated heterocycles. The number of hydrogen-bond acceptors (Lipinski definition) is 3. The molecule has 0 unspecified atom stereocenters. The van der Waals surface area contributed by atoms with Crippen molar-refractivity contribution in [3.63, 3.8) is 0 Å². The quantitative estimate of drug-likeness (QED) is 0.875. The van der Waals surface area contributed by atoms with Gasteiger partial charge in [0.25, 0.3) is 5.91 Å². The summed E-state index contributed by atoms with van der Waals surface area (Å²) in [6.45, 7) is 2.02. The van der Waals surface area contributed by atoms with Crippen LogP contribution in [0.4, 0.5) is 5.82 Å². The Bertz CT molecular complexity index is 617. The summed E-state index contributed by atoms with van der Waals surface area (Å²) in [6.07, 6.45) is 2.34. The van der Waals surface area contributed by atoms with E-state index in [0.29, 0.717) is 20.6 Å². The van der Waals surface area contributed by atoms with Crippen LogP contribution in [0.3, 0.4) is 0 Å². The van der Waals surface area contributed by atoms with Crippen LogP contribution < -0.4 is 5.32 Å². The van der Waals surface area contributed by atoms with E-state index in [1.54, 1.807) is 6.07 Å². The SMILES string of the molecule is CCc1ccccc1C(=O)Nc1ncc(Br)nc1Br. The zero-order valence-corrected chi connectivity index (χ0v) is 13.3. The Labute approximate surface area is 127 Å². The van der Waals surface area contributed by atoms with Crippen LogP contribution in [0, 0.1) is 0 Å². The minimum atomic E-state index is -0.185. The van der Waals surface area contributed by atoms with E-state index in [-0.39, 0.29) is 5.91 Å². The molecule has 0 spiro atoms. The maximum Gasteiger partial charge on any atom is 0.257 e. The van der Waals surface area contributed by atoms with Gasteiger partial charge in [-0.25, -0.2) is 9.97 Å². The van der Waals surface area contributed by atoms with Crippen LogP contribution in [-0.2, 0) is 6.42 Å². The highest BCUT2D eigenvalue weighted by Gasteiger charge is 2.13. The summed E-state index contributed by atoms with van der Waals surface area (Å²) < 4.78 is 1.09. The van der Waals surface area contributed by atoms with Crippen molar-refractivity contribution in [1.82, 2.24) is 9.97 Å². The number of aryl methyl sites for hydroxylation is 1. The minimum Gasteiger partial charge on any atom is -0.304 e. The molecule has 1 amide bonds. The molecule has 0 fully saturated rings. The van der Waals surface area contributed by atoms with Gasteiger partial charge in [0.15, 0.2) is 5.82 Å². The maximum absolute atomic E-state index is 12.2. The summed E-state index contributed by atoms with van der Waals surface area (Å²) in [5.41, 5.74) is 1.66. The molecule has 6 heteroatoms. The topological polar surface area (TPSA) is 54.9 Å². The first-order chi connectivity index (χ1) is 9.11. The Kier molecular flexibility index (Phi) is 4.66. The van der Waals surface area contributed by atoms with Crippen molar-refractivity contribution in [2.75, 3.05) is 5.32 Å². The molecule has 2 aromatic rings. The first-order valence-electron chi connectivity index (χ1n) is 5.69. The molecule has 1 heterocycles. The zero-order chi connectivity index (χ0) is 13.8. The number of halogens is 2. The molecule has 0 aliphatic carbocycles. The van der Waals surface area contributed by atoms with Crippen LogP contribution in [-0.4, -0.2) is 15.9 Å². The fraction of sp³-hybridized carbons (Fsp3) is 0.154. The lowest BCUT2D eigenvalue weighted by molar-refractivity contribution is 0.102. The normalized spacial score (nSPS) is 10.3. The molecular weight excluding hydrogens is 374 g/mol. The van der Waals surface area contributed by atoms with Crippen LogP contribution in [0.25, 0.3) is 0 Å². The molecule has 0 bridgehead atoms. The largest absolute Gasteiger partial charge is 0.304 e. The van der Waals surface area contributed by atoms with Crippen molar-refractivity contribution in [3.8, 4) is 0 Å². The van der Waals surface area contributed by atoms with Crippen molar-refractivity contribution in [2.45, 2.75) is 13.3 Å². The van der Waals surface area contributed by atoms with Gasteiger partial charge in [0.1, 0.15) is 9.21 Å². The van der Waals surface area contributed by atoms with Gasteiger partial charge in [-0.15, -0.1) is 0 Å². The third kappa shape index (κ3) is 3.39. The summed E-state index contributed by atoms with van der Waals surface area (Å²) in [6, 6.07) is 7.51. The van der Waals surface area contributed by atoms with Crippen LogP contribution in [0.2, 0.25) is 0 Å². The van der Waals surface area contributed by atoms with Gasteiger partial charge >= 0.3 is 0 Å². The molecule has 0 atom stereocenters. The highest BCUT2D eigenvalue weighted by molar-refractivity contribution is 9.11. The number of amides is 1. The summed E-state index contributed by atoms with van der Waals surface area (Å²) in [5, 5.41) is 2.75. The molecule has 0 aliphatic heterocycles. The van der Waals surface area contributed by atoms with Crippen molar-refractivity contribution in [2.24, 2.45) is 0 Å². The number of nitrogens with zero attached hydrogens (tertiary/aromatic N) is 2. The standard InChI is InChI=1S/C13H11Br2N3O/c1-2-8-5-3-4-6-9(8)13(19)18-12-11(15)17-10(14)7-16-12/h3-7H,2H2,1H3,(H,16,18,19). The Hall–Kier alpha value is -1.27. The van der Waals surface area contributed by atoms with Crippen LogP contribution >= 0.6 is 31.9 Å². The monoisotopic (exact) mass is 383 g/mol. The first-order valence-corrected chi connectivity index (χ1v) is 7.27. The van der Waals surface area contributed by atoms with Crippen LogP contribution in [0.1, 0.15) is 22.8 Å². The Morgan fingerprint density at radius 1 is 1.32 bits per heavy atom. The first kappa shape index (κ1) is 14.1. The molecule has 1 aromatic carbocycles. The third-order valence-corrected chi connectivity index (χ3v) is 3.51. The summed E-state index contributed by atoms with van der Waals surface area (Å²) in [5.74, 6) is 0.217. The average molecular weight is 385 g/mol. The second-order valence-corrected chi connectivity index (χ2v) is 5.36. The van der Waals surface area contributed by atoms with Crippen molar-refractivity contribution < 1.29 is 4.79 Å². The molecule has 2 rings (SSSR count). The van der Waals surface area contributed by atoms with E-state index in [4.69, 9.17) is 0 Å². The van der Waals surface area contributed by atoms with Crippen LogP contribution in [0.15, 0.2) is 39.7 Å². The predicted octanol–water partition coefficient (Wildman–Crippen LogP) is 3.82.